The molecule has 0 spiro atoms. The molecule has 10 heteroatoms. The lowest BCUT2D eigenvalue weighted by atomic mass is 10.5. The van der Waals surface area contributed by atoms with Gasteiger partial charge in [-0.1, -0.05) is 30.9 Å². The van der Waals surface area contributed by atoms with Crippen LogP contribution < -0.4 is 4.90 Å². The van der Waals surface area contributed by atoms with Crippen LogP contribution in [-0.2, 0) is 0 Å². The molecule has 0 aliphatic carbocycles. The van der Waals surface area contributed by atoms with Crippen molar-refractivity contribution in [2.75, 3.05) is 0 Å². The number of aromatic amines is 3. The second-order valence-corrected chi connectivity index (χ2v) is 2.83. The van der Waals surface area contributed by atoms with Crippen molar-refractivity contribution in [2.45, 2.75) is 0 Å². The average molecular weight is 218 g/mol. The molecule has 3 N–H and O–H groups in total. The standard InChI is InChI=1S/C6H6N10/c1-4(10-13-7-1)16(5-2-8-14-11-5)6-3-9-15-12-6/h1-3H,(H,7,10,13)(H,8,11,14)(H,9,12,15)/q+1. The van der Waals surface area contributed by atoms with Gasteiger partial charge in [-0.15, -0.1) is 0 Å². The van der Waals surface area contributed by atoms with E-state index in [2.05, 4.69) is 46.2 Å². The number of rotatable bonds is 3. The van der Waals surface area contributed by atoms with Gasteiger partial charge in [-0.2, -0.15) is 0 Å². The molecule has 0 aromatic carbocycles. The van der Waals surface area contributed by atoms with Crippen LogP contribution in [0.1, 0.15) is 0 Å². The first kappa shape index (κ1) is 8.67. The molecular formula is C6H6N10+. The van der Waals surface area contributed by atoms with E-state index in [1.54, 1.807) is 23.5 Å². The van der Waals surface area contributed by atoms with Crippen LogP contribution in [0.3, 0.4) is 0 Å². The van der Waals surface area contributed by atoms with Gasteiger partial charge in [-0.25, -0.2) is 0 Å². The topological polar surface area (TPSA) is 131 Å². The largest absolute Gasteiger partial charge is 0.329 e. The molecule has 0 aliphatic rings. The number of hydrogen-bond acceptors (Lipinski definition) is 7. The predicted octanol–water partition coefficient (Wildman–Crippen LogP) is -0.524. The Morgan fingerprint density at radius 3 is 1.31 bits per heavy atom. The fourth-order valence-corrected chi connectivity index (χ4v) is 1.27. The van der Waals surface area contributed by atoms with Crippen LogP contribution in [0.2, 0.25) is 0 Å². The molecule has 0 fully saturated rings. The van der Waals surface area contributed by atoms with Crippen LogP contribution in [0.4, 0.5) is 17.5 Å². The lowest BCUT2D eigenvalue weighted by Gasteiger charge is -1.96. The molecule has 0 aliphatic heterocycles. The number of aromatic nitrogens is 9. The quantitative estimate of drug-likeness (QED) is 0.507. The molecule has 3 heterocycles. The zero-order valence-corrected chi connectivity index (χ0v) is 7.86. The molecule has 1 radical (unpaired) electrons. The lowest BCUT2D eigenvalue weighted by molar-refractivity contribution is 0.796. The summed E-state index contributed by atoms with van der Waals surface area (Å²) in [5.74, 6) is 1.63. The van der Waals surface area contributed by atoms with Crippen LogP contribution in [0.15, 0.2) is 18.6 Å². The molecule has 0 amide bonds. The summed E-state index contributed by atoms with van der Waals surface area (Å²) in [7, 11) is 0. The molecule has 0 bridgehead atoms. The molecule has 0 atom stereocenters. The van der Waals surface area contributed by atoms with Crippen molar-refractivity contribution in [3.63, 3.8) is 0 Å². The van der Waals surface area contributed by atoms with Gasteiger partial charge in [-0.05, 0) is 0 Å². The Bertz CT molecular complexity index is 440. The highest BCUT2D eigenvalue weighted by atomic mass is 15.5. The van der Waals surface area contributed by atoms with Crippen molar-refractivity contribution < 1.29 is 0 Å². The molecule has 3 aromatic heterocycles. The Hall–Kier alpha value is -2.62. The fraction of sp³-hybridized carbons (Fsp3) is 0. The Morgan fingerprint density at radius 1 is 0.688 bits per heavy atom. The van der Waals surface area contributed by atoms with E-state index in [4.69, 9.17) is 0 Å². The van der Waals surface area contributed by atoms with Gasteiger partial charge >= 0.3 is 17.5 Å². The van der Waals surface area contributed by atoms with Crippen LogP contribution in [0, 0.1) is 0 Å². The average Bonchev–Trinajstić information content (AvgIpc) is 3.02. The van der Waals surface area contributed by atoms with Gasteiger partial charge in [0, 0.05) is 4.90 Å². The second-order valence-electron chi connectivity index (χ2n) is 2.83. The smallest absolute Gasteiger partial charge is 0.259 e. The first-order chi connectivity index (χ1) is 7.95. The molecule has 10 nitrogen and oxygen atoms in total. The number of nitrogens with one attached hydrogen (secondary N) is 3. The van der Waals surface area contributed by atoms with Crippen molar-refractivity contribution >= 4 is 17.5 Å². The van der Waals surface area contributed by atoms with Gasteiger partial charge in [0.15, 0.2) is 0 Å². The normalized spacial score (nSPS) is 11.1. The highest BCUT2D eigenvalue weighted by molar-refractivity contribution is 5.53. The minimum atomic E-state index is 0.544. The van der Waals surface area contributed by atoms with E-state index in [-0.39, 0.29) is 0 Å². The molecule has 79 valence electrons. The zero-order chi connectivity index (χ0) is 10.8. The molecule has 0 unspecified atom stereocenters. The third kappa shape index (κ3) is 1.33. The van der Waals surface area contributed by atoms with Gasteiger partial charge in [-0.3, -0.25) is 15.3 Å². The molecule has 0 saturated carbocycles. The van der Waals surface area contributed by atoms with Gasteiger partial charge in [0.1, 0.15) is 18.6 Å². The number of H-pyrrole nitrogens is 3. The van der Waals surface area contributed by atoms with E-state index in [9.17, 15) is 0 Å². The molecule has 16 heavy (non-hydrogen) atoms. The Kier molecular flexibility index (Phi) is 1.90. The maximum absolute atomic E-state index is 3.89. The van der Waals surface area contributed by atoms with E-state index in [0.29, 0.717) is 17.5 Å². The van der Waals surface area contributed by atoms with E-state index in [0.717, 1.165) is 0 Å². The first-order valence-electron chi connectivity index (χ1n) is 4.34. The number of nitrogens with zero attached hydrogens (tertiary/aromatic N) is 7. The molecule has 3 rings (SSSR count). The van der Waals surface area contributed by atoms with E-state index >= 15 is 0 Å². The van der Waals surface area contributed by atoms with Gasteiger partial charge in [0.25, 0.3) is 0 Å². The van der Waals surface area contributed by atoms with Crippen molar-refractivity contribution in [3.8, 4) is 0 Å². The highest BCUT2D eigenvalue weighted by Crippen LogP contribution is 2.26. The van der Waals surface area contributed by atoms with Gasteiger partial charge in [0.2, 0.25) is 0 Å². The predicted molar refractivity (Wildman–Crippen MR) is 50.3 cm³/mol. The summed E-state index contributed by atoms with van der Waals surface area (Å²) < 4.78 is 0. The van der Waals surface area contributed by atoms with Crippen LogP contribution in [0.5, 0.6) is 0 Å². The third-order valence-corrected chi connectivity index (χ3v) is 1.90. The fourth-order valence-electron chi connectivity index (χ4n) is 1.27. The van der Waals surface area contributed by atoms with E-state index in [1.165, 1.54) is 0 Å². The van der Waals surface area contributed by atoms with Gasteiger partial charge in [0.05, 0.1) is 0 Å². The number of anilines is 3. The summed E-state index contributed by atoms with van der Waals surface area (Å²) in [6, 6.07) is 0. The van der Waals surface area contributed by atoms with Crippen molar-refractivity contribution in [3.05, 3.63) is 18.6 Å². The maximum atomic E-state index is 3.89. The minimum absolute atomic E-state index is 0.544. The second kappa shape index (κ2) is 3.51. The summed E-state index contributed by atoms with van der Waals surface area (Å²) in [5.41, 5.74) is 0. The Morgan fingerprint density at radius 2 is 1.06 bits per heavy atom. The summed E-state index contributed by atoms with van der Waals surface area (Å²) in [5, 5.41) is 30.4. The zero-order valence-electron chi connectivity index (χ0n) is 7.86. The summed E-state index contributed by atoms with van der Waals surface area (Å²) in [6.45, 7) is 0. The van der Waals surface area contributed by atoms with Crippen molar-refractivity contribution in [1.82, 2.24) is 51.1 Å². The number of hydrogen-bond donors (Lipinski definition) is 3. The molecule has 0 saturated heterocycles. The Labute approximate surface area is 88.1 Å². The third-order valence-electron chi connectivity index (χ3n) is 1.90. The SMILES string of the molecule is c1[nH]nnc1[N+](c1c[nH]nn1)c1c[nH]nn1. The first-order valence-corrected chi connectivity index (χ1v) is 4.34. The van der Waals surface area contributed by atoms with Crippen molar-refractivity contribution in [2.24, 2.45) is 0 Å². The Balaban J connectivity index is 2.09. The summed E-state index contributed by atoms with van der Waals surface area (Å²) in [4.78, 5) is 1.64. The van der Waals surface area contributed by atoms with E-state index < -0.39 is 0 Å². The highest BCUT2D eigenvalue weighted by Gasteiger charge is 2.33. The minimum Gasteiger partial charge on any atom is -0.259 e. The van der Waals surface area contributed by atoms with Crippen LogP contribution >= 0.6 is 0 Å². The maximum Gasteiger partial charge on any atom is 0.329 e. The summed E-state index contributed by atoms with van der Waals surface area (Å²) in [6.07, 6.45) is 4.84. The molecule has 3 aromatic rings. The van der Waals surface area contributed by atoms with Crippen LogP contribution in [-0.4, -0.2) is 46.2 Å². The van der Waals surface area contributed by atoms with Gasteiger partial charge < -0.3 is 0 Å². The van der Waals surface area contributed by atoms with Crippen LogP contribution in [0.25, 0.3) is 0 Å². The van der Waals surface area contributed by atoms with E-state index in [1.807, 2.05) is 0 Å². The summed E-state index contributed by atoms with van der Waals surface area (Å²) >= 11 is 0. The lowest BCUT2D eigenvalue weighted by Crippen LogP contribution is -2.12. The molecular weight excluding hydrogens is 212 g/mol. The monoisotopic (exact) mass is 218 g/mol. The van der Waals surface area contributed by atoms with Crippen molar-refractivity contribution in [1.29, 1.82) is 0 Å².